The number of carboxylic acid groups (broad SMARTS) is 1. The first-order valence-electron chi connectivity index (χ1n) is 6.50. The molecule has 0 aliphatic carbocycles. The van der Waals surface area contributed by atoms with Crippen molar-refractivity contribution >= 4 is 22.8 Å². The van der Waals surface area contributed by atoms with Gasteiger partial charge < -0.3 is 15.0 Å². The molecule has 0 fully saturated rings. The van der Waals surface area contributed by atoms with Crippen LogP contribution >= 0.6 is 0 Å². The number of nitrogens with zero attached hydrogens (tertiary/aromatic N) is 1. The van der Waals surface area contributed by atoms with Gasteiger partial charge in [0.1, 0.15) is 5.69 Å². The third-order valence-corrected chi connectivity index (χ3v) is 3.28. The maximum atomic E-state index is 12.3. The minimum absolute atomic E-state index is 0.0724. The van der Waals surface area contributed by atoms with E-state index in [0.29, 0.717) is 10.9 Å². The lowest BCUT2D eigenvalue weighted by atomic mass is 10.1. The number of pyridine rings is 1. The zero-order valence-electron chi connectivity index (χ0n) is 11.8. The molecule has 1 unspecified atom stereocenters. The number of para-hydroxylation sites is 1. The van der Waals surface area contributed by atoms with Crippen LogP contribution in [0.25, 0.3) is 10.9 Å². The number of hydrogen-bond donors (Lipinski definition) is 2. The van der Waals surface area contributed by atoms with E-state index in [2.05, 4.69) is 4.98 Å². The first-order valence-corrected chi connectivity index (χ1v) is 6.50. The monoisotopic (exact) mass is 288 g/mol. The summed E-state index contributed by atoms with van der Waals surface area (Å²) < 4.78 is 0. The molecule has 2 N–H and O–H groups in total. The standard InChI is InChI=1S/C15H16N2O4/c1-9(15(20)21)8-17(2)14(19)12-7-13(18)10-5-3-4-6-11(10)16-12/h3-7,9H,8H2,1-2H3,(H,16,18)(H,20,21). The fourth-order valence-corrected chi connectivity index (χ4v) is 2.09. The Balaban J connectivity index is 2.31. The van der Waals surface area contributed by atoms with Crippen molar-refractivity contribution in [3.8, 4) is 0 Å². The molecule has 0 spiro atoms. The smallest absolute Gasteiger partial charge is 0.308 e. The Labute approximate surface area is 121 Å². The van der Waals surface area contributed by atoms with E-state index >= 15 is 0 Å². The van der Waals surface area contributed by atoms with E-state index in [1.54, 1.807) is 24.3 Å². The van der Waals surface area contributed by atoms with Crippen LogP contribution in [0.1, 0.15) is 17.4 Å². The van der Waals surface area contributed by atoms with E-state index in [1.807, 2.05) is 0 Å². The van der Waals surface area contributed by atoms with Crippen LogP contribution in [-0.4, -0.2) is 40.5 Å². The molecule has 0 aliphatic heterocycles. The topological polar surface area (TPSA) is 90.5 Å². The molecule has 110 valence electrons. The third kappa shape index (κ3) is 3.10. The molecule has 0 saturated carbocycles. The van der Waals surface area contributed by atoms with Crippen molar-refractivity contribution in [1.82, 2.24) is 9.88 Å². The summed E-state index contributed by atoms with van der Waals surface area (Å²) >= 11 is 0. The van der Waals surface area contributed by atoms with Crippen LogP contribution in [0, 0.1) is 5.92 Å². The molecule has 1 heterocycles. The first-order chi connectivity index (χ1) is 9.90. The first kappa shape index (κ1) is 14.8. The SMILES string of the molecule is CC(CN(C)C(=O)c1cc(=O)c2ccccc2[nH]1)C(=O)O. The van der Waals surface area contributed by atoms with E-state index in [0.717, 1.165) is 0 Å². The van der Waals surface area contributed by atoms with E-state index in [4.69, 9.17) is 5.11 Å². The van der Waals surface area contributed by atoms with Gasteiger partial charge in [-0.1, -0.05) is 19.1 Å². The summed E-state index contributed by atoms with van der Waals surface area (Å²) in [4.78, 5) is 39.3. The largest absolute Gasteiger partial charge is 0.481 e. The van der Waals surface area contributed by atoms with Crippen molar-refractivity contribution in [2.75, 3.05) is 13.6 Å². The molecule has 2 rings (SSSR count). The van der Waals surface area contributed by atoms with Gasteiger partial charge in [-0.3, -0.25) is 14.4 Å². The van der Waals surface area contributed by atoms with Gasteiger partial charge >= 0.3 is 5.97 Å². The Morgan fingerprint density at radius 3 is 2.67 bits per heavy atom. The van der Waals surface area contributed by atoms with Gasteiger partial charge in [-0.25, -0.2) is 0 Å². The number of amides is 1. The number of benzene rings is 1. The molecule has 0 aliphatic rings. The summed E-state index contributed by atoms with van der Waals surface area (Å²) in [7, 11) is 1.51. The number of hydrogen-bond acceptors (Lipinski definition) is 3. The van der Waals surface area contributed by atoms with Crippen molar-refractivity contribution < 1.29 is 14.7 Å². The van der Waals surface area contributed by atoms with Crippen LogP contribution in [0.5, 0.6) is 0 Å². The molecular weight excluding hydrogens is 272 g/mol. The maximum absolute atomic E-state index is 12.3. The van der Waals surface area contributed by atoms with E-state index in [-0.39, 0.29) is 17.7 Å². The van der Waals surface area contributed by atoms with Crippen LogP contribution in [0.2, 0.25) is 0 Å². The van der Waals surface area contributed by atoms with Gasteiger partial charge in [0.05, 0.1) is 5.92 Å². The van der Waals surface area contributed by atoms with Gasteiger partial charge in [0.15, 0.2) is 5.43 Å². The molecule has 1 amide bonds. The van der Waals surface area contributed by atoms with Gasteiger partial charge in [-0.05, 0) is 12.1 Å². The van der Waals surface area contributed by atoms with Crippen LogP contribution in [0.4, 0.5) is 0 Å². The minimum atomic E-state index is -0.971. The van der Waals surface area contributed by atoms with Gasteiger partial charge in [-0.15, -0.1) is 0 Å². The zero-order valence-corrected chi connectivity index (χ0v) is 11.8. The van der Waals surface area contributed by atoms with E-state index in [9.17, 15) is 14.4 Å². The Bertz CT molecular complexity index is 751. The number of aliphatic carboxylic acids is 1. The Hall–Kier alpha value is -2.63. The van der Waals surface area contributed by atoms with Crippen LogP contribution in [0.15, 0.2) is 35.1 Å². The predicted octanol–water partition coefficient (Wildman–Crippen LogP) is 1.32. The summed E-state index contributed by atoms with van der Waals surface area (Å²) in [5, 5.41) is 9.38. The molecular formula is C15H16N2O4. The van der Waals surface area contributed by atoms with Gasteiger partial charge in [0.2, 0.25) is 0 Å². The molecule has 21 heavy (non-hydrogen) atoms. The lowest BCUT2D eigenvalue weighted by Gasteiger charge is -2.19. The quantitative estimate of drug-likeness (QED) is 0.887. The number of aromatic nitrogens is 1. The van der Waals surface area contributed by atoms with Gasteiger partial charge in [0, 0.05) is 30.6 Å². The van der Waals surface area contributed by atoms with Crippen molar-refractivity contribution in [2.24, 2.45) is 5.92 Å². The summed E-state index contributed by atoms with van der Waals surface area (Å²) in [6.45, 7) is 1.60. The molecule has 1 aromatic carbocycles. The zero-order chi connectivity index (χ0) is 15.6. The second-order valence-electron chi connectivity index (χ2n) is 5.02. The highest BCUT2D eigenvalue weighted by Gasteiger charge is 2.19. The van der Waals surface area contributed by atoms with Crippen molar-refractivity contribution in [1.29, 1.82) is 0 Å². The highest BCUT2D eigenvalue weighted by molar-refractivity contribution is 5.94. The van der Waals surface area contributed by atoms with Crippen LogP contribution in [-0.2, 0) is 4.79 Å². The average Bonchev–Trinajstić information content (AvgIpc) is 2.46. The van der Waals surface area contributed by atoms with Crippen molar-refractivity contribution in [2.45, 2.75) is 6.92 Å². The minimum Gasteiger partial charge on any atom is -0.481 e. The van der Waals surface area contributed by atoms with Crippen LogP contribution in [0.3, 0.4) is 0 Å². The Morgan fingerprint density at radius 1 is 1.33 bits per heavy atom. The second-order valence-corrected chi connectivity index (χ2v) is 5.02. The number of nitrogens with one attached hydrogen (secondary N) is 1. The summed E-state index contributed by atoms with van der Waals surface area (Å²) in [6.07, 6.45) is 0. The maximum Gasteiger partial charge on any atom is 0.308 e. The highest BCUT2D eigenvalue weighted by Crippen LogP contribution is 2.09. The van der Waals surface area contributed by atoms with Crippen LogP contribution < -0.4 is 5.43 Å². The fraction of sp³-hybridized carbons (Fsp3) is 0.267. The summed E-state index contributed by atoms with van der Waals surface area (Å²) in [5.41, 5.74) is 0.485. The molecule has 6 heteroatoms. The van der Waals surface area contributed by atoms with E-state index < -0.39 is 17.8 Å². The highest BCUT2D eigenvalue weighted by atomic mass is 16.4. The van der Waals surface area contributed by atoms with Crippen molar-refractivity contribution in [3.05, 3.63) is 46.2 Å². The van der Waals surface area contributed by atoms with E-state index in [1.165, 1.54) is 24.9 Å². The summed E-state index contributed by atoms with van der Waals surface area (Å²) in [6, 6.07) is 8.15. The number of carboxylic acids is 1. The second kappa shape index (κ2) is 5.78. The Morgan fingerprint density at radius 2 is 2.00 bits per heavy atom. The molecule has 0 saturated heterocycles. The number of carbonyl (C=O) groups is 2. The predicted molar refractivity (Wildman–Crippen MR) is 78.3 cm³/mol. The third-order valence-electron chi connectivity index (χ3n) is 3.28. The average molecular weight is 288 g/mol. The lowest BCUT2D eigenvalue weighted by Crippen LogP contribution is -2.34. The number of fused-ring (bicyclic) bond motifs is 1. The molecule has 2 aromatic rings. The molecule has 0 radical (unpaired) electrons. The molecule has 1 atom stereocenters. The normalized spacial score (nSPS) is 12.1. The molecule has 1 aromatic heterocycles. The lowest BCUT2D eigenvalue weighted by molar-refractivity contribution is -0.141. The number of aromatic amines is 1. The van der Waals surface area contributed by atoms with Gasteiger partial charge in [0.25, 0.3) is 5.91 Å². The fourth-order valence-electron chi connectivity index (χ4n) is 2.09. The number of carbonyl (C=O) groups excluding carboxylic acids is 1. The molecule has 0 bridgehead atoms. The summed E-state index contributed by atoms with van der Waals surface area (Å²) in [5.74, 6) is -2.06. The number of rotatable bonds is 4. The molecule has 6 nitrogen and oxygen atoms in total. The Kier molecular flexibility index (Phi) is 4.07. The van der Waals surface area contributed by atoms with Crippen molar-refractivity contribution in [3.63, 3.8) is 0 Å². The van der Waals surface area contributed by atoms with Gasteiger partial charge in [-0.2, -0.15) is 0 Å². The number of H-pyrrole nitrogens is 1.